The summed E-state index contributed by atoms with van der Waals surface area (Å²) in [6.07, 6.45) is 1.06. The first kappa shape index (κ1) is 15.4. The van der Waals surface area contributed by atoms with Crippen molar-refractivity contribution >= 4 is 13.1 Å². The maximum Gasteiger partial charge on any atom is 1.00 e. The first-order valence-electron chi connectivity index (χ1n) is 4.20. The van der Waals surface area contributed by atoms with Crippen molar-refractivity contribution in [1.29, 1.82) is 0 Å². The van der Waals surface area contributed by atoms with Gasteiger partial charge in [-0.2, -0.15) is 0 Å². The van der Waals surface area contributed by atoms with Crippen LogP contribution in [0.15, 0.2) is 30.2 Å². The van der Waals surface area contributed by atoms with Crippen LogP contribution in [0.3, 0.4) is 0 Å². The molecule has 0 unspecified atom stereocenters. The summed E-state index contributed by atoms with van der Waals surface area (Å²) in [7, 11) is 0. The first-order chi connectivity index (χ1) is 6.53. The topological polar surface area (TPSA) is 26.0 Å². The summed E-state index contributed by atoms with van der Waals surface area (Å²) >= 11 is 0. The molecule has 0 saturated heterocycles. The molecule has 76 valence electrons. The second-order valence-corrected chi connectivity index (χ2v) is 2.89. The number of halogens is 3. The largest absolute Gasteiger partial charge is 1.00 e. The predicted molar refractivity (Wildman–Crippen MR) is 52.4 cm³/mol. The molecule has 2 N–H and O–H groups in total. The third kappa shape index (κ3) is 5.89. The van der Waals surface area contributed by atoms with Crippen molar-refractivity contribution in [1.82, 2.24) is 0 Å². The molecule has 0 amide bonds. The van der Waals surface area contributed by atoms with Crippen molar-refractivity contribution in [3.8, 4) is 0 Å². The van der Waals surface area contributed by atoms with Crippen LogP contribution in [0.4, 0.5) is 12.9 Å². The summed E-state index contributed by atoms with van der Waals surface area (Å²) in [4.78, 5) is 0. The Bertz CT molecular complexity index is 338. The molecule has 1 aromatic rings. The minimum Gasteiger partial charge on any atom is -0.445 e. The molecule has 0 atom stereocenters. The Morgan fingerprint density at radius 1 is 1.20 bits per heavy atom. The molecule has 0 radical (unpaired) electrons. The minimum absolute atomic E-state index is 0. The Balaban J connectivity index is 0.00000196. The number of hydrogen-bond acceptors (Lipinski definition) is 1. The van der Waals surface area contributed by atoms with Crippen molar-refractivity contribution in [3.63, 3.8) is 0 Å². The van der Waals surface area contributed by atoms with Gasteiger partial charge in [-0.25, -0.2) is 0 Å². The third-order valence-electron chi connectivity index (χ3n) is 1.77. The van der Waals surface area contributed by atoms with E-state index in [-0.39, 0.29) is 63.9 Å². The van der Waals surface area contributed by atoms with Crippen LogP contribution >= 0.6 is 0 Å². The molecule has 0 aliphatic carbocycles. The normalized spacial score (nSPS) is 11.5. The zero-order valence-corrected chi connectivity index (χ0v) is 11.6. The van der Waals surface area contributed by atoms with E-state index >= 15 is 0 Å². The van der Waals surface area contributed by atoms with Crippen LogP contribution in [0.1, 0.15) is 11.1 Å². The van der Waals surface area contributed by atoms with Gasteiger partial charge in [0, 0.05) is 6.54 Å². The average molecular weight is 239 g/mol. The van der Waals surface area contributed by atoms with Gasteiger partial charge in [-0.1, -0.05) is 30.3 Å². The fraction of sp³-hybridized carbons (Fsp3) is 0.111. The Morgan fingerprint density at radius 2 is 1.80 bits per heavy atom. The van der Waals surface area contributed by atoms with E-state index in [2.05, 4.69) is 0 Å². The summed E-state index contributed by atoms with van der Waals surface area (Å²) in [5, 5.41) is 0. The van der Waals surface area contributed by atoms with E-state index in [0.29, 0.717) is 11.1 Å². The van der Waals surface area contributed by atoms with Gasteiger partial charge in [-0.05, 0) is 11.1 Å². The number of hydrogen-bond donors (Lipinski definition) is 1. The predicted octanol–water partition coefficient (Wildman–Crippen LogP) is -0.451. The summed E-state index contributed by atoms with van der Waals surface area (Å²) in [5.41, 5.74) is 6.61. The van der Waals surface area contributed by atoms with Gasteiger partial charge in [0.1, 0.15) is 0 Å². The summed E-state index contributed by atoms with van der Waals surface area (Å²) < 4.78 is 35.8. The molecule has 0 aliphatic rings. The van der Waals surface area contributed by atoms with Gasteiger partial charge in [-0.3, -0.25) is 0 Å². The summed E-state index contributed by atoms with van der Waals surface area (Å²) in [6.45, 7) is -4.63. The van der Waals surface area contributed by atoms with Crippen molar-refractivity contribution in [3.05, 3.63) is 41.4 Å². The van der Waals surface area contributed by atoms with Gasteiger partial charge < -0.3 is 18.7 Å². The van der Waals surface area contributed by atoms with Crippen molar-refractivity contribution in [2.24, 2.45) is 5.73 Å². The van der Waals surface area contributed by atoms with Gasteiger partial charge >= 0.3 is 58.4 Å². The molecule has 0 aromatic heterocycles. The third-order valence-corrected chi connectivity index (χ3v) is 1.77. The number of rotatable bonds is 3. The van der Waals surface area contributed by atoms with Gasteiger partial charge in [0.2, 0.25) is 0 Å². The first-order valence-corrected chi connectivity index (χ1v) is 4.20. The van der Waals surface area contributed by atoms with E-state index in [0.717, 1.165) is 6.08 Å². The number of benzene rings is 1. The van der Waals surface area contributed by atoms with Crippen LogP contribution in [-0.2, 0) is 6.54 Å². The van der Waals surface area contributed by atoms with Crippen molar-refractivity contribution < 1.29 is 64.3 Å². The van der Waals surface area contributed by atoms with Crippen LogP contribution in [0.25, 0.3) is 6.08 Å². The van der Waals surface area contributed by atoms with E-state index in [4.69, 9.17) is 5.73 Å². The van der Waals surface area contributed by atoms with E-state index < -0.39 is 6.98 Å². The monoisotopic (exact) mass is 239 g/mol. The fourth-order valence-corrected chi connectivity index (χ4v) is 1.10. The Kier molecular flexibility index (Phi) is 7.07. The molecule has 0 aliphatic heterocycles. The van der Waals surface area contributed by atoms with Crippen LogP contribution in [0, 0.1) is 0 Å². The Labute approximate surface area is 129 Å². The smallest absolute Gasteiger partial charge is 0.445 e. The number of nitrogens with two attached hydrogens (primary N) is 1. The van der Waals surface area contributed by atoms with Crippen LogP contribution in [0.5, 0.6) is 0 Å². The second kappa shape index (κ2) is 6.88. The van der Waals surface area contributed by atoms with Gasteiger partial charge in [-0.15, -0.1) is 5.98 Å². The van der Waals surface area contributed by atoms with Crippen LogP contribution in [-0.4, -0.2) is 6.98 Å². The average Bonchev–Trinajstić information content (AvgIpc) is 2.14. The quantitative estimate of drug-likeness (QED) is 0.710. The van der Waals surface area contributed by atoms with Crippen LogP contribution in [0.2, 0.25) is 0 Å². The maximum atomic E-state index is 11.9. The maximum absolute atomic E-state index is 11.9. The van der Waals surface area contributed by atoms with E-state index in [1.165, 1.54) is 0 Å². The minimum atomic E-state index is -4.87. The summed E-state index contributed by atoms with van der Waals surface area (Å²) in [6, 6.07) is 6.75. The molecule has 0 fully saturated rings. The van der Waals surface area contributed by atoms with Crippen molar-refractivity contribution in [2.45, 2.75) is 6.54 Å². The van der Waals surface area contributed by atoms with E-state index in [1.54, 1.807) is 24.3 Å². The van der Waals surface area contributed by atoms with E-state index in [1.807, 2.05) is 0 Å². The SMILES string of the molecule is NCc1ccccc1/C=C/[B-](F)(F)F.[K+]. The molecule has 0 saturated carbocycles. The van der Waals surface area contributed by atoms with Gasteiger partial charge in [0.05, 0.1) is 0 Å². The molecule has 1 rings (SSSR count). The van der Waals surface area contributed by atoms with Crippen LogP contribution < -0.4 is 57.1 Å². The second-order valence-electron chi connectivity index (χ2n) is 2.89. The standard InChI is InChI=1S/C9H10BF3N.K/c11-10(12,13)6-5-8-3-1-2-4-9(8)7-14;/h1-6H,7,14H2;/q-1;+1/b6-5+;. The van der Waals surface area contributed by atoms with Gasteiger partial charge in [0.25, 0.3) is 0 Å². The molecular formula is C9H10BF3KN. The Hall–Kier alpha value is 0.411. The van der Waals surface area contributed by atoms with Crippen molar-refractivity contribution in [2.75, 3.05) is 0 Å². The molecule has 15 heavy (non-hydrogen) atoms. The summed E-state index contributed by atoms with van der Waals surface area (Å²) in [5.74, 6) is 0.272. The molecular weight excluding hydrogens is 229 g/mol. The molecule has 0 spiro atoms. The molecule has 0 heterocycles. The zero-order chi connectivity index (χ0) is 10.6. The van der Waals surface area contributed by atoms with Gasteiger partial charge in [0.15, 0.2) is 0 Å². The molecule has 6 heteroatoms. The molecule has 1 nitrogen and oxygen atoms in total. The van der Waals surface area contributed by atoms with E-state index in [9.17, 15) is 12.9 Å². The zero-order valence-electron chi connectivity index (χ0n) is 8.46. The molecule has 0 bridgehead atoms. The Morgan fingerprint density at radius 3 is 2.33 bits per heavy atom. The fourth-order valence-electron chi connectivity index (χ4n) is 1.10. The molecule has 1 aromatic carbocycles.